The van der Waals surface area contributed by atoms with Crippen molar-refractivity contribution in [3.63, 3.8) is 0 Å². The Morgan fingerprint density at radius 2 is 1.96 bits per heavy atom. The molecule has 1 N–H and O–H groups in total. The number of esters is 1. The van der Waals surface area contributed by atoms with Gasteiger partial charge in [0.1, 0.15) is 6.54 Å². The Labute approximate surface area is 156 Å². The van der Waals surface area contributed by atoms with Crippen molar-refractivity contribution in [3.8, 4) is 11.5 Å². The third kappa shape index (κ3) is 5.04. The van der Waals surface area contributed by atoms with E-state index in [2.05, 4.69) is 5.32 Å². The highest BCUT2D eigenvalue weighted by Crippen LogP contribution is 2.31. The van der Waals surface area contributed by atoms with Crippen molar-refractivity contribution in [1.29, 1.82) is 0 Å². The number of carbonyl (C=O) groups excluding carboxylic acids is 3. The summed E-state index contributed by atoms with van der Waals surface area (Å²) in [6.45, 7) is 0.492. The second kappa shape index (κ2) is 9.33. The Hall–Kier alpha value is -2.42. The zero-order valence-electron chi connectivity index (χ0n) is 14.9. The second-order valence-corrected chi connectivity index (χ2v) is 6.60. The molecule has 1 fully saturated rings. The van der Waals surface area contributed by atoms with Crippen molar-refractivity contribution in [3.05, 3.63) is 23.8 Å². The number of rotatable bonds is 8. The molecule has 2 rings (SSSR count). The minimum absolute atomic E-state index is 0.0413. The van der Waals surface area contributed by atoms with Gasteiger partial charge in [-0.25, -0.2) is 0 Å². The first-order valence-electron chi connectivity index (χ1n) is 7.98. The fourth-order valence-electron chi connectivity index (χ4n) is 2.55. The lowest BCUT2D eigenvalue weighted by molar-refractivity contribution is -0.141. The molecule has 1 aromatic carbocycles. The third-order valence-corrected chi connectivity index (χ3v) is 4.81. The van der Waals surface area contributed by atoms with Gasteiger partial charge in [0.2, 0.25) is 5.91 Å². The van der Waals surface area contributed by atoms with E-state index in [1.54, 1.807) is 18.2 Å². The monoisotopic (exact) mass is 382 g/mol. The number of methoxy groups -OCH3 is 3. The number of hydrogen-bond acceptors (Lipinski definition) is 7. The van der Waals surface area contributed by atoms with Gasteiger partial charge in [0, 0.05) is 12.3 Å². The molecule has 2 amide bonds. The van der Waals surface area contributed by atoms with Gasteiger partial charge in [0.15, 0.2) is 11.5 Å². The van der Waals surface area contributed by atoms with Crippen LogP contribution in [0.25, 0.3) is 0 Å². The zero-order chi connectivity index (χ0) is 19.1. The highest BCUT2D eigenvalue weighted by molar-refractivity contribution is 8.13. The average molecular weight is 382 g/mol. The fraction of sp³-hybridized carbons (Fsp3) is 0.471. The van der Waals surface area contributed by atoms with Gasteiger partial charge in [-0.3, -0.25) is 14.4 Å². The lowest BCUT2D eigenvalue weighted by Crippen LogP contribution is -2.39. The van der Waals surface area contributed by atoms with Crippen LogP contribution in [0.3, 0.4) is 0 Å². The molecule has 1 aromatic rings. The molecule has 1 atom stereocenters. The number of ether oxygens (including phenoxy) is 3. The average Bonchev–Trinajstić information content (AvgIpc) is 3.04. The fourth-order valence-corrected chi connectivity index (χ4v) is 3.38. The van der Waals surface area contributed by atoms with Gasteiger partial charge in [-0.1, -0.05) is 17.8 Å². The summed E-state index contributed by atoms with van der Waals surface area (Å²) in [6, 6.07) is 4.53. The predicted octanol–water partition coefficient (Wildman–Crippen LogP) is 1.59. The molecule has 0 aliphatic carbocycles. The minimum Gasteiger partial charge on any atom is -0.493 e. The number of amides is 2. The normalized spacial score (nSPS) is 14.7. The Balaban J connectivity index is 2.16. The third-order valence-electron chi connectivity index (χ3n) is 3.92. The summed E-state index contributed by atoms with van der Waals surface area (Å²) in [5.41, 5.74) is 0.670. The summed E-state index contributed by atoms with van der Waals surface area (Å²) in [5.74, 6) is 0.898. The van der Waals surface area contributed by atoms with E-state index in [4.69, 9.17) is 14.2 Å². The first-order valence-corrected chi connectivity index (χ1v) is 8.96. The molecule has 9 heteroatoms. The van der Waals surface area contributed by atoms with Crippen LogP contribution in [0, 0.1) is 0 Å². The van der Waals surface area contributed by atoms with Gasteiger partial charge in [-0.05, 0) is 17.7 Å². The lowest BCUT2D eigenvalue weighted by atomic mass is 10.0. The summed E-state index contributed by atoms with van der Waals surface area (Å²) in [4.78, 5) is 37.2. The van der Waals surface area contributed by atoms with Crippen LogP contribution >= 0.6 is 11.8 Å². The molecule has 8 nitrogen and oxygen atoms in total. The van der Waals surface area contributed by atoms with Crippen molar-refractivity contribution in [2.24, 2.45) is 0 Å². The maximum absolute atomic E-state index is 12.4. The van der Waals surface area contributed by atoms with Crippen molar-refractivity contribution in [2.45, 2.75) is 12.5 Å². The SMILES string of the molecule is COC(=O)C[C@H](NC(=O)CN1CCSC1=O)c1ccc(OC)c(OC)c1. The first kappa shape index (κ1) is 19.9. The quantitative estimate of drug-likeness (QED) is 0.682. The molecule has 0 spiro atoms. The van der Waals surface area contributed by atoms with Crippen molar-refractivity contribution >= 4 is 28.9 Å². The van der Waals surface area contributed by atoms with Crippen molar-refractivity contribution in [2.75, 3.05) is 40.2 Å². The summed E-state index contributed by atoms with van der Waals surface area (Å²) >= 11 is 1.19. The second-order valence-electron chi connectivity index (χ2n) is 5.55. The number of benzene rings is 1. The highest BCUT2D eigenvalue weighted by Gasteiger charge is 2.26. The van der Waals surface area contributed by atoms with Crippen LogP contribution < -0.4 is 14.8 Å². The largest absolute Gasteiger partial charge is 0.493 e. The van der Waals surface area contributed by atoms with Crippen LogP contribution in [0.1, 0.15) is 18.0 Å². The van der Waals surface area contributed by atoms with Crippen molar-refractivity contribution in [1.82, 2.24) is 10.2 Å². The molecular weight excluding hydrogens is 360 g/mol. The molecule has 1 aliphatic rings. The number of nitrogens with zero attached hydrogens (tertiary/aromatic N) is 1. The van der Waals surface area contributed by atoms with Crippen LogP contribution in [0.5, 0.6) is 11.5 Å². The minimum atomic E-state index is -0.611. The van der Waals surface area contributed by atoms with E-state index in [1.165, 1.54) is 38.0 Å². The Morgan fingerprint density at radius 3 is 2.54 bits per heavy atom. The van der Waals surface area contributed by atoms with Gasteiger partial charge in [-0.2, -0.15) is 0 Å². The van der Waals surface area contributed by atoms with E-state index >= 15 is 0 Å². The molecule has 0 aromatic heterocycles. The van der Waals surface area contributed by atoms with Gasteiger partial charge in [-0.15, -0.1) is 0 Å². The molecule has 142 valence electrons. The Bertz CT molecular complexity index is 681. The zero-order valence-corrected chi connectivity index (χ0v) is 15.8. The first-order chi connectivity index (χ1) is 12.5. The summed E-state index contributed by atoms with van der Waals surface area (Å²) in [5, 5.41) is 2.68. The number of nitrogens with one attached hydrogen (secondary N) is 1. The molecule has 0 radical (unpaired) electrons. The molecule has 0 bridgehead atoms. The molecule has 1 heterocycles. The highest BCUT2D eigenvalue weighted by atomic mass is 32.2. The van der Waals surface area contributed by atoms with Crippen LogP contribution in [0.15, 0.2) is 18.2 Å². The van der Waals surface area contributed by atoms with E-state index in [-0.39, 0.29) is 24.1 Å². The van der Waals surface area contributed by atoms with Crippen LogP contribution in [0.2, 0.25) is 0 Å². The molecule has 0 saturated carbocycles. The van der Waals surface area contributed by atoms with Crippen LogP contribution in [-0.2, 0) is 14.3 Å². The Morgan fingerprint density at radius 1 is 1.23 bits per heavy atom. The van der Waals surface area contributed by atoms with E-state index in [9.17, 15) is 14.4 Å². The number of hydrogen-bond donors (Lipinski definition) is 1. The van der Waals surface area contributed by atoms with Gasteiger partial charge in [0.05, 0.1) is 33.8 Å². The molecule has 26 heavy (non-hydrogen) atoms. The molecule has 1 aliphatic heterocycles. The summed E-state index contributed by atoms with van der Waals surface area (Å²) in [6.07, 6.45) is -0.0413. The number of thioether (sulfide) groups is 1. The van der Waals surface area contributed by atoms with Crippen molar-refractivity contribution < 1.29 is 28.6 Å². The lowest BCUT2D eigenvalue weighted by Gasteiger charge is -2.21. The maximum atomic E-state index is 12.4. The number of carbonyl (C=O) groups is 3. The standard InChI is InChI=1S/C17H22N2O6S/c1-23-13-5-4-11(8-14(13)24-2)12(9-16(21)25-3)18-15(20)10-19-6-7-26-17(19)22/h4-5,8,12H,6-7,9-10H2,1-3H3,(H,18,20)/t12-/m0/s1. The van der Waals surface area contributed by atoms with Gasteiger partial charge < -0.3 is 24.4 Å². The molecule has 0 unspecified atom stereocenters. The Kier molecular flexibility index (Phi) is 7.14. The van der Waals surface area contributed by atoms with E-state index < -0.39 is 12.0 Å². The predicted molar refractivity (Wildman–Crippen MR) is 96.5 cm³/mol. The molecule has 1 saturated heterocycles. The molecular formula is C17H22N2O6S. The van der Waals surface area contributed by atoms with Crippen LogP contribution in [0.4, 0.5) is 4.79 Å². The van der Waals surface area contributed by atoms with E-state index in [1.807, 2.05) is 0 Å². The summed E-state index contributed by atoms with van der Waals surface area (Å²) < 4.78 is 15.2. The van der Waals surface area contributed by atoms with Gasteiger partial charge in [0.25, 0.3) is 5.24 Å². The smallest absolute Gasteiger partial charge is 0.307 e. The van der Waals surface area contributed by atoms with E-state index in [0.717, 1.165) is 0 Å². The summed E-state index contributed by atoms with van der Waals surface area (Å²) in [7, 11) is 4.32. The van der Waals surface area contributed by atoms with Crippen LogP contribution in [-0.4, -0.2) is 62.2 Å². The van der Waals surface area contributed by atoms with Gasteiger partial charge >= 0.3 is 5.97 Å². The maximum Gasteiger partial charge on any atom is 0.307 e. The topological polar surface area (TPSA) is 94.2 Å². The van der Waals surface area contributed by atoms with E-state index in [0.29, 0.717) is 29.4 Å².